The number of aromatic nitrogens is 1. The van der Waals surface area contributed by atoms with Crippen LogP contribution in [0.2, 0.25) is 0 Å². The predicted molar refractivity (Wildman–Crippen MR) is 145 cm³/mol. The second-order valence-electron chi connectivity index (χ2n) is 9.35. The monoisotopic (exact) mass is 532 g/mol. The Morgan fingerprint density at radius 3 is 2.21 bits per heavy atom. The normalized spacial score (nSPS) is 16.5. The molecule has 2 heterocycles. The summed E-state index contributed by atoms with van der Waals surface area (Å²) < 4.78 is 22.3. The Labute approximate surface area is 227 Å². The minimum atomic E-state index is -0.951. The van der Waals surface area contributed by atoms with Crippen molar-refractivity contribution in [1.82, 2.24) is 9.88 Å². The van der Waals surface area contributed by atoms with Crippen molar-refractivity contribution >= 4 is 17.4 Å². The lowest BCUT2D eigenvalue weighted by Gasteiger charge is -2.26. The number of pyridine rings is 1. The van der Waals surface area contributed by atoms with Crippen molar-refractivity contribution in [1.29, 1.82) is 0 Å². The van der Waals surface area contributed by atoms with Crippen LogP contribution in [0, 0.1) is 6.92 Å². The van der Waals surface area contributed by atoms with Gasteiger partial charge in [-0.05, 0) is 74.4 Å². The van der Waals surface area contributed by atoms with Crippen molar-refractivity contribution in [2.45, 2.75) is 39.5 Å². The number of nitrogens with zero attached hydrogens (tertiary/aromatic N) is 2. The number of rotatable bonds is 9. The van der Waals surface area contributed by atoms with Gasteiger partial charge in [-0.2, -0.15) is 0 Å². The van der Waals surface area contributed by atoms with Crippen LogP contribution in [0.5, 0.6) is 23.0 Å². The molecule has 0 bridgehead atoms. The van der Waals surface area contributed by atoms with Gasteiger partial charge >= 0.3 is 0 Å². The van der Waals surface area contributed by atoms with Crippen LogP contribution in [-0.4, -0.2) is 54.1 Å². The van der Waals surface area contributed by atoms with Gasteiger partial charge in [-0.25, -0.2) is 0 Å². The summed E-state index contributed by atoms with van der Waals surface area (Å²) in [4.78, 5) is 32.6. The molecule has 0 spiro atoms. The highest BCUT2D eigenvalue weighted by Gasteiger charge is 2.46. The molecule has 3 aromatic rings. The van der Waals surface area contributed by atoms with Crippen LogP contribution in [-0.2, 0) is 16.1 Å². The van der Waals surface area contributed by atoms with E-state index >= 15 is 0 Å². The fourth-order valence-electron chi connectivity index (χ4n) is 4.65. The maximum atomic E-state index is 13.5. The number of aliphatic hydroxyl groups is 1. The van der Waals surface area contributed by atoms with Gasteiger partial charge in [-0.15, -0.1) is 0 Å². The highest BCUT2D eigenvalue weighted by atomic mass is 16.5. The molecule has 1 aliphatic rings. The largest absolute Gasteiger partial charge is 0.507 e. The van der Waals surface area contributed by atoms with Crippen LogP contribution in [0.25, 0.3) is 5.76 Å². The lowest BCUT2D eigenvalue weighted by molar-refractivity contribution is -0.140. The number of benzene rings is 2. The Kier molecular flexibility index (Phi) is 8.09. The quantitative estimate of drug-likeness (QED) is 0.237. The molecule has 1 unspecified atom stereocenters. The number of ketones is 1. The summed E-state index contributed by atoms with van der Waals surface area (Å²) in [6.45, 7) is 5.75. The van der Waals surface area contributed by atoms with Gasteiger partial charge in [-0.3, -0.25) is 14.6 Å². The molecule has 0 radical (unpaired) electrons. The predicted octanol–water partition coefficient (Wildman–Crippen LogP) is 4.82. The highest BCUT2D eigenvalue weighted by Crippen LogP contribution is 2.46. The Balaban J connectivity index is 1.92. The lowest BCUT2D eigenvalue weighted by Crippen LogP contribution is -2.29. The second kappa shape index (κ2) is 11.5. The standard InChI is InChI=1S/C30H32N2O7/c1-17(2)39-22-11-10-19(13-18(22)3)27(33)25-26(20-14-23(36-4)29(38-6)24(15-20)37-5)32(30(35)28(25)34)16-21-9-7-8-12-31-21/h7-15,17,26,33H,16H2,1-6H3/b27-25+. The van der Waals surface area contributed by atoms with Crippen LogP contribution in [0.1, 0.15) is 42.3 Å². The number of amides is 1. The molecule has 0 aliphatic carbocycles. The molecule has 39 heavy (non-hydrogen) atoms. The molecule has 1 saturated heterocycles. The zero-order chi connectivity index (χ0) is 28.3. The smallest absolute Gasteiger partial charge is 0.296 e. The van der Waals surface area contributed by atoms with Gasteiger partial charge in [-0.1, -0.05) is 6.07 Å². The molecule has 9 nitrogen and oxygen atoms in total. The molecule has 4 rings (SSSR count). The SMILES string of the molecule is COc1cc(C2/C(=C(\O)c3ccc(OC(C)C)c(C)c3)C(=O)C(=O)N2Cc2ccccn2)cc(OC)c1OC. The van der Waals surface area contributed by atoms with E-state index in [9.17, 15) is 14.7 Å². The lowest BCUT2D eigenvalue weighted by atomic mass is 9.94. The summed E-state index contributed by atoms with van der Waals surface area (Å²) in [5.41, 5.74) is 2.19. The maximum absolute atomic E-state index is 13.5. The minimum absolute atomic E-state index is 0.0277. The molecule has 2 aromatic carbocycles. The summed E-state index contributed by atoms with van der Waals surface area (Å²) >= 11 is 0. The first-order valence-corrected chi connectivity index (χ1v) is 12.5. The molecular formula is C30H32N2O7. The van der Waals surface area contributed by atoms with Crippen molar-refractivity contribution in [3.63, 3.8) is 0 Å². The van der Waals surface area contributed by atoms with E-state index in [0.29, 0.717) is 39.8 Å². The number of likely N-dealkylation sites (tertiary alicyclic amines) is 1. The van der Waals surface area contributed by atoms with E-state index in [1.54, 1.807) is 54.7 Å². The molecular weight excluding hydrogens is 500 g/mol. The topological polar surface area (TPSA) is 107 Å². The number of methoxy groups -OCH3 is 3. The van der Waals surface area contributed by atoms with Gasteiger partial charge in [0.1, 0.15) is 11.5 Å². The van der Waals surface area contributed by atoms with Crippen LogP contribution in [0.4, 0.5) is 0 Å². The molecule has 1 fully saturated rings. The highest BCUT2D eigenvalue weighted by molar-refractivity contribution is 6.46. The van der Waals surface area contributed by atoms with E-state index in [1.807, 2.05) is 20.8 Å². The number of aryl methyl sites for hydroxylation is 1. The van der Waals surface area contributed by atoms with E-state index < -0.39 is 17.7 Å². The van der Waals surface area contributed by atoms with Gasteiger partial charge in [0.25, 0.3) is 11.7 Å². The van der Waals surface area contributed by atoms with Crippen molar-refractivity contribution in [3.8, 4) is 23.0 Å². The van der Waals surface area contributed by atoms with Crippen LogP contribution < -0.4 is 18.9 Å². The fraction of sp³-hybridized carbons (Fsp3) is 0.300. The Hall–Kier alpha value is -4.53. The second-order valence-corrected chi connectivity index (χ2v) is 9.35. The van der Waals surface area contributed by atoms with E-state index in [1.165, 1.54) is 26.2 Å². The molecule has 1 amide bonds. The molecule has 0 saturated carbocycles. The van der Waals surface area contributed by atoms with Crippen molar-refractivity contribution < 1.29 is 33.6 Å². The molecule has 1 aromatic heterocycles. The van der Waals surface area contributed by atoms with E-state index in [4.69, 9.17) is 18.9 Å². The van der Waals surface area contributed by atoms with E-state index in [2.05, 4.69) is 4.98 Å². The van der Waals surface area contributed by atoms with Gasteiger partial charge in [0.05, 0.1) is 51.3 Å². The minimum Gasteiger partial charge on any atom is -0.507 e. The third-order valence-electron chi connectivity index (χ3n) is 6.41. The summed E-state index contributed by atoms with van der Waals surface area (Å²) in [7, 11) is 4.45. The summed E-state index contributed by atoms with van der Waals surface area (Å²) in [5, 5.41) is 11.5. The Bertz CT molecular complexity index is 1390. The number of Topliss-reactive ketones (excluding diaryl/α,β-unsaturated/α-hetero) is 1. The molecule has 1 aliphatic heterocycles. The summed E-state index contributed by atoms with van der Waals surface area (Å²) in [6.07, 6.45) is 1.59. The van der Waals surface area contributed by atoms with E-state index in [0.717, 1.165) is 5.56 Å². The van der Waals surface area contributed by atoms with Crippen LogP contribution in [0.15, 0.2) is 60.3 Å². The molecule has 1 N–H and O–H groups in total. The third-order valence-corrected chi connectivity index (χ3v) is 6.41. The first kappa shape index (κ1) is 27.5. The number of carbonyl (C=O) groups is 2. The van der Waals surface area contributed by atoms with Crippen molar-refractivity contribution in [2.75, 3.05) is 21.3 Å². The van der Waals surface area contributed by atoms with Crippen LogP contribution in [0.3, 0.4) is 0 Å². The first-order valence-electron chi connectivity index (χ1n) is 12.5. The molecule has 1 atom stereocenters. The number of hydrogen-bond acceptors (Lipinski definition) is 8. The number of carbonyl (C=O) groups excluding carboxylic acids is 2. The summed E-state index contributed by atoms with van der Waals surface area (Å²) in [5.74, 6) is -0.127. The Morgan fingerprint density at radius 2 is 1.67 bits per heavy atom. The van der Waals surface area contributed by atoms with Gasteiger partial charge < -0.3 is 29.0 Å². The van der Waals surface area contributed by atoms with Crippen molar-refractivity contribution in [3.05, 3.63) is 82.7 Å². The summed E-state index contributed by atoms with van der Waals surface area (Å²) in [6, 6.07) is 12.9. The first-order chi connectivity index (χ1) is 18.7. The molecule has 204 valence electrons. The van der Waals surface area contributed by atoms with E-state index in [-0.39, 0.29) is 24.0 Å². The van der Waals surface area contributed by atoms with Gasteiger partial charge in [0, 0.05) is 11.8 Å². The fourth-order valence-corrected chi connectivity index (χ4v) is 4.65. The average Bonchev–Trinajstić information content (AvgIpc) is 3.18. The van der Waals surface area contributed by atoms with Gasteiger partial charge in [0.2, 0.25) is 5.75 Å². The number of hydrogen-bond donors (Lipinski definition) is 1. The zero-order valence-corrected chi connectivity index (χ0v) is 22.8. The zero-order valence-electron chi connectivity index (χ0n) is 22.8. The number of aliphatic hydroxyl groups excluding tert-OH is 1. The Morgan fingerprint density at radius 1 is 0.974 bits per heavy atom. The third kappa shape index (κ3) is 5.38. The average molecular weight is 533 g/mol. The van der Waals surface area contributed by atoms with Crippen LogP contribution >= 0.6 is 0 Å². The maximum Gasteiger partial charge on any atom is 0.296 e. The van der Waals surface area contributed by atoms with Gasteiger partial charge in [0.15, 0.2) is 11.5 Å². The number of ether oxygens (including phenoxy) is 4. The molecule has 9 heteroatoms. The van der Waals surface area contributed by atoms with Crippen molar-refractivity contribution in [2.24, 2.45) is 0 Å².